The molecule has 0 saturated carbocycles. The molecule has 3 heteroatoms. The lowest BCUT2D eigenvalue weighted by Gasteiger charge is -2.12. The number of fused-ring (bicyclic) bond motifs is 6. The number of rotatable bonds is 3. The van der Waals surface area contributed by atoms with Crippen molar-refractivity contribution in [1.82, 2.24) is 9.97 Å². The monoisotopic (exact) mass is 548 g/mol. The molecule has 9 rings (SSSR count). The maximum absolute atomic E-state index is 6.46. The molecule has 43 heavy (non-hydrogen) atoms. The van der Waals surface area contributed by atoms with E-state index in [1.807, 2.05) is 18.2 Å². The minimum atomic E-state index is 0.682. The maximum atomic E-state index is 6.46. The van der Waals surface area contributed by atoms with Gasteiger partial charge in [-0.25, -0.2) is 9.97 Å². The Morgan fingerprint density at radius 2 is 1.05 bits per heavy atom. The highest BCUT2D eigenvalue weighted by Crippen LogP contribution is 2.41. The van der Waals surface area contributed by atoms with Crippen LogP contribution in [0.25, 0.3) is 88.2 Å². The number of nitrogens with zero attached hydrogens (tertiary/aromatic N) is 2. The highest BCUT2D eigenvalue weighted by atomic mass is 16.3. The summed E-state index contributed by atoms with van der Waals surface area (Å²) in [6.45, 7) is 0. The van der Waals surface area contributed by atoms with E-state index in [1.54, 1.807) is 0 Å². The fraction of sp³-hybridized carbons (Fsp3) is 0. The van der Waals surface area contributed by atoms with Crippen molar-refractivity contribution in [2.75, 3.05) is 0 Å². The Labute approximate surface area is 247 Å². The Kier molecular flexibility index (Phi) is 5.20. The Balaban J connectivity index is 1.34. The van der Waals surface area contributed by atoms with Crippen LogP contribution in [0.3, 0.4) is 0 Å². The first-order valence-corrected chi connectivity index (χ1v) is 14.5. The Hall–Kier alpha value is -5.80. The van der Waals surface area contributed by atoms with Crippen LogP contribution < -0.4 is 0 Å². The van der Waals surface area contributed by atoms with Gasteiger partial charge in [-0.3, -0.25) is 0 Å². The first kappa shape index (κ1) is 23.9. The Morgan fingerprint density at radius 1 is 0.419 bits per heavy atom. The van der Waals surface area contributed by atoms with Crippen molar-refractivity contribution in [3.8, 4) is 33.8 Å². The summed E-state index contributed by atoms with van der Waals surface area (Å²) in [6.07, 6.45) is 0. The summed E-state index contributed by atoms with van der Waals surface area (Å²) in [4.78, 5) is 10.5. The fourth-order valence-corrected chi connectivity index (χ4v) is 6.32. The molecule has 3 nitrogen and oxygen atoms in total. The molecular weight excluding hydrogens is 524 g/mol. The second-order valence-corrected chi connectivity index (χ2v) is 11.0. The Bertz CT molecular complexity index is 2520. The molecule has 0 bridgehead atoms. The van der Waals surface area contributed by atoms with Gasteiger partial charge in [0.15, 0.2) is 5.82 Å². The molecule has 7 aromatic carbocycles. The van der Waals surface area contributed by atoms with Crippen molar-refractivity contribution in [2.45, 2.75) is 0 Å². The second-order valence-electron chi connectivity index (χ2n) is 11.0. The molecule has 0 aliphatic heterocycles. The number of benzene rings is 7. The predicted molar refractivity (Wildman–Crippen MR) is 178 cm³/mol. The first-order chi connectivity index (χ1) is 21.3. The van der Waals surface area contributed by atoms with Crippen LogP contribution in [-0.4, -0.2) is 9.97 Å². The van der Waals surface area contributed by atoms with Crippen LogP contribution in [-0.2, 0) is 0 Å². The third kappa shape index (κ3) is 3.90. The summed E-state index contributed by atoms with van der Waals surface area (Å²) in [5, 5.41) is 7.92. The fourth-order valence-electron chi connectivity index (χ4n) is 6.32. The quantitative estimate of drug-likeness (QED) is 0.220. The molecule has 2 aromatic heterocycles. The third-order valence-electron chi connectivity index (χ3n) is 8.43. The van der Waals surface area contributed by atoms with Crippen molar-refractivity contribution < 1.29 is 4.42 Å². The largest absolute Gasteiger partial charge is 0.456 e. The smallest absolute Gasteiger partial charge is 0.161 e. The molecular formula is C40H24N2O. The minimum Gasteiger partial charge on any atom is -0.456 e. The summed E-state index contributed by atoms with van der Waals surface area (Å²) in [7, 11) is 0. The molecule has 2 heterocycles. The van der Waals surface area contributed by atoms with Crippen molar-refractivity contribution in [1.29, 1.82) is 0 Å². The maximum Gasteiger partial charge on any atom is 0.161 e. The van der Waals surface area contributed by atoms with Gasteiger partial charge >= 0.3 is 0 Å². The molecule has 0 N–H and O–H groups in total. The zero-order chi connectivity index (χ0) is 28.3. The molecule has 0 atom stereocenters. The van der Waals surface area contributed by atoms with Crippen LogP contribution in [0.5, 0.6) is 0 Å². The van der Waals surface area contributed by atoms with Crippen molar-refractivity contribution >= 4 is 54.4 Å². The average molecular weight is 549 g/mol. The average Bonchev–Trinajstić information content (AvgIpc) is 3.45. The normalized spacial score (nSPS) is 11.7. The molecule has 0 spiro atoms. The van der Waals surface area contributed by atoms with Gasteiger partial charge in [0.25, 0.3) is 0 Å². The van der Waals surface area contributed by atoms with E-state index in [0.29, 0.717) is 5.82 Å². The molecule has 0 unspecified atom stereocenters. The molecule has 9 aromatic rings. The summed E-state index contributed by atoms with van der Waals surface area (Å²) in [6, 6.07) is 50.9. The van der Waals surface area contributed by atoms with Gasteiger partial charge in [-0.15, -0.1) is 0 Å². The zero-order valence-electron chi connectivity index (χ0n) is 23.2. The van der Waals surface area contributed by atoms with E-state index in [2.05, 4.69) is 127 Å². The first-order valence-electron chi connectivity index (χ1n) is 14.5. The number of furan rings is 1. The minimum absolute atomic E-state index is 0.682. The number of hydrogen-bond acceptors (Lipinski definition) is 3. The molecule has 0 saturated heterocycles. The van der Waals surface area contributed by atoms with E-state index < -0.39 is 0 Å². The Morgan fingerprint density at radius 3 is 1.84 bits per heavy atom. The lowest BCUT2D eigenvalue weighted by Crippen LogP contribution is -1.96. The van der Waals surface area contributed by atoms with Gasteiger partial charge < -0.3 is 4.42 Å². The number of para-hydroxylation sites is 2. The molecule has 0 aliphatic rings. The van der Waals surface area contributed by atoms with Gasteiger partial charge in [0.05, 0.1) is 11.2 Å². The predicted octanol–water partition coefficient (Wildman–Crippen LogP) is 10.8. The molecule has 0 radical (unpaired) electrons. The van der Waals surface area contributed by atoms with Gasteiger partial charge in [0, 0.05) is 27.3 Å². The zero-order valence-corrected chi connectivity index (χ0v) is 23.2. The van der Waals surface area contributed by atoms with Crippen LogP contribution >= 0.6 is 0 Å². The molecule has 0 aliphatic carbocycles. The van der Waals surface area contributed by atoms with Crippen molar-refractivity contribution in [3.05, 3.63) is 146 Å². The summed E-state index contributed by atoms with van der Waals surface area (Å²) >= 11 is 0. The van der Waals surface area contributed by atoms with Crippen LogP contribution in [0.2, 0.25) is 0 Å². The highest BCUT2D eigenvalue weighted by molar-refractivity contribution is 6.13. The second kappa shape index (κ2) is 9.37. The molecule has 0 amide bonds. The van der Waals surface area contributed by atoms with Crippen LogP contribution in [0, 0.1) is 0 Å². The highest BCUT2D eigenvalue weighted by Gasteiger charge is 2.19. The SMILES string of the molecule is c1ccc2cc(-c3cc(-c4nc(-c5ccc6ccccc6c5)c5ccccc5n4)c4c(c3)oc3ccccc34)ccc2c1. The van der Waals surface area contributed by atoms with Crippen LogP contribution in [0.15, 0.2) is 150 Å². The van der Waals surface area contributed by atoms with E-state index in [9.17, 15) is 0 Å². The van der Waals surface area contributed by atoms with Crippen LogP contribution in [0.4, 0.5) is 0 Å². The summed E-state index contributed by atoms with van der Waals surface area (Å²) in [5.41, 5.74) is 7.72. The van der Waals surface area contributed by atoms with Gasteiger partial charge in [-0.1, -0.05) is 109 Å². The standard InChI is InChI=1S/C40H24N2O/c1-3-11-27-21-29(19-17-25(27)9-1)31-23-34(38-33-14-6-8-16-36(33)43-37(38)24-31)40-41-35-15-7-5-13-32(35)39(42-40)30-20-18-26-10-2-4-12-28(26)22-30/h1-24H. The topological polar surface area (TPSA) is 38.9 Å². The number of aromatic nitrogens is 2. The van der Waals surface area contributed by atoms with E-state index in [-0.39, 0.29) is 0 Å². The van der Waals surface area contributed by atoms with E-state index in [0.717, 1.165) is 60.8 Å². The summed E-state index contributed by atoms with van der Waals surface area (Å²) in [5.74, 6) is 0.682. The van der Waals surface area contributed by atoms with Gasteiger partial charge in [0.2, 0.25) is 0 Å². The van der Waals surface area contributed by atoms with Crippen molar-refractivity contribution in [2.24, 2.45) is 0 Å². The van der Waals surface area contributed by atoms with Gasteiger partial charge in [0.1, 0.15) is 11.2 Å². The van der Waals surface area contributed by atoms with E-state index in [4.69, 9.17) is 14.4 Å². The molecule has 200 valence electrons. The number of hydrogen-bond donors (Lipinski definition) is 0. The van der Waals surface area contributed by atoms with Crippen molar-refractivity contribution in [3.63, 3.8) is 0 Å². The lowest BCUT2D eigenvalue weighted by atomic mass is 9.96. The van der Waals surface area contributed by atoms with E-state index >= 15 is 0 Å². The van der Waals surface area contributed by atoms with Gasteiger partial charge in [-0.05, 0) is 69.1 Å². The van der Waals surface area contributed by atoms with Crippen LogP contribution in [0.1, 0.15) is 0 Å². The van der Waals surface area contributed by atoms with Gasteiger partial charge in [-0.2, -0.15) is 0 Å². The lowest BCUT2D eigenvalue weighted by molar-refractivity contribution is 0.669. The van der Waals surface area contributed by atoms with E-state index in [1.165, 1.54) is 21.5 Å². The summed E-state index contributed by atoms with van der Waals surface area (Å²) < 4.78 is 6.46. The third-order valence-corrected chi connectivity index (χ3v) is 8.43. The molecule has 0 fully saturated rings.